The summed E-state index contributed by atoms with van der Waals surface area (Å²) >= 11 is 3.51. The minimum Gasteiger partial charge on any atom is -0.396 e. The molecule has 0 saturated carbocycles. The summed E-state index contributed by atoms with van der Waals surface area (Å²) in [5.74, 6) is 0.680. The van der Waals surface area contributed by atoms with Crippen LogP contribution in [0, 0.1) is 0 Å². The number of hydrogen-bond donors (Lipinski definition) is 2. The summed E-state index contributed by atoms with van der Waals surface area (Å²) in [6.45, 7) is 0.821. The first-order valence-corrected chi connectivity index (χ1v) is 6.66. The van der Waals surface area contributed by atoms with Crippen LogP contribution in [-0.2, 0) is 13.0 Å². The molecule has 0 aliphatic rings. The summed E-state index contributed by atoms with van der Waals surface area (Å²) in [6, 6.07) is 8.01. The molecule has 5 heteroatoms. The lowest BCUT2D eigenvalue weighted by atomic mass is 10.2. The molecule has 0 amide bonds. The number of aliphatic hydroxyl groups is 1. The fourth-order valence-corrected chi connectivity index (χ4v) is 2.22. The second kappa shape index (κ2) is 6.02. The summed E-state index contributed by atoms with van der Waals surface area (Å²) in [6.07, 6.45) is 3.26. The van der Waals surface area contributed by atoms with Crippen molar-refractivity contribution in [2.45, 2.75) is 19.4 Å². The first-order valence-electron chi connectivity index (χ1n) is 5.87. The molecule has 0 aliphatic carbocycles. The molecule has 1 aromatic heterocycles. The van der Waals surface area contributed by atoms with Crippen LogP contribution in [0.2, 0.25) is 0 Å². The predicted octanol–water partition coefficient (Wildman–Crippen LogP) is 2.20. The van der Waals surface area contributed by atoms with E-state index >= 15 is 0 Å². The maximum atomic E-state index is 8.82. The molecule has 4 nitrogen and oxygen atoms in total. The van der Waals surface area contributed by atoms with Gasteiger partial charge in [-0.2, -0.15) is 5.10 Å². The minimum absolute atomic E-state index is 0.175. The average Bonchev–Trinajstić information content (AvgIpc) is 2.71. The maximum Gasteiger partial charge on any atom is 0.125 e. The van der Waals surface area contributed by atoms with E-state index in [1.807, 2.05) is 24.3 Å². The van der Waals surface area contributed by atoms with Crippen molar-refractivity contribution >= 4 is 21.7 Å². The van der Waals surface area contributed by atoms with Crippen molar-refractivity contribution in [2.75, 3.05) is 12.3 Å². The van der Waals surface area contributed by atoms with Gasteiger partial charge in [-0.3, -0.25) is 0 Å². The van der Waals surface area contributed by atoms with Gasteiger partial charge in [0.1, 0.15) is 5.82 Å². The van der Waals surface area contributed by atoms with Gasteiger partial charge in [-0.25, -0.2) is 4.68 Å². The quantitative estimate of drug-likeness (QED) is 0.890. The van der Waals surface area contributed by atoms with Crippen LogP contribution < -0.4 is 5.73 Å². The average molecular weight is 310 g/mol. The van der Waals surface area contributed by atoms with Crippen molar-refractivity contribution < 1.29 is 5.11 Å². The lowest BCUT2D eigenvalue weighted by Crippen LogP contribution is -2.07. The molecular weight excluding hydrogens is 294 g/mol. The van der Waals surface area contributed by atoms with E-state index in [0.29, 0.717) is 18.8 Å². The lowest BCUT2D eigenvalue weighted by molar-refractivity contribution is 0.288. The van der Waals surface area contributed by atoms with Gasteiger partial charge in [0.15, 0.2) is 0 Å². The summed E-state index contributed by atoms with van der Waals surface area (Å²) in [5.41, 5.74) is 8.18. The molecular formula is C13H16BrN3O. The second-order valence-electron chi connectivity index (χ2n) is 4.13. The zero-order valence-corrected chi connectivity index (χ0v) is 11.6. The molecule has 1 heterocycles. The number of benzene rings is 1. The summed E-state index contributed by atoms with van der Waals surface area (Å²) in [4.78, 5) is 0. The van der Waals surface area contributed by atoms with Crippen LogP contribution in [0.25, 0.3) is 0 Å². The van der Waals surface area contributed by atoms with Crippen molar-refractivity contribution in [1.82, 2.24) is 9.78 Å². The lowest BCUT2D eigenvalue weighted by Gasteiger charge is -2.07. The predicted molar refractivity (Wildman–Crippen MR) is 75.3 cm³/mol. The molecule has 96 valence electrons. The van der Waals surface area contributed by atoms with Gasteiger partial charge in [0.2, 0.25) is 0 Å². The van der Waals surface area contributed by atoms with E-state index in [2.05, 4.69) is 21.0 Å². The number of aryl methyl sites for hydroxylation is 1. The highest BCUT2D eigenvalue weighted by molar-refractivity contribution is 9.10. The van der Waals surface area contributed by atoms with Crippen LogP contribution in [0.3, 0.4) is 0 Å². The Hall–Kier alpha value is -1.33. The zero-order chi connectivity index (χ0) is 13.0. The number of halogens is 1. The number of aliphatic hydroxyl groups excluding tert-OH is 1. The molecule has 0 aliphatic heterocycles. The van der Waals surface area contributed by atoms with Gasteiger partial charge in [0.05, 0.1) is 12.7 Å². The number of hydrogen-bond acceptors (Lipinski definition) is 3. The van der Waals surface area contributed by atoms with Crippen LogP contribution in [0.1, 0.15) is 17.5 Å². The van der Waals surface area contributed by atoms with Crippen LogP contribution >= 0.6 is 15.9 Å². The number of nitrogens with zero attached hydrogens (tertiary/aromatic N) is 2. The van der Waals surface area contributed by atoms with Gasteiger partial charge in [-0.15, -0.1) is 0 Å². The third-order valence-corrected chi connectivity index (χ3v) is 3.62. The fourth-order valence-electron chi connectivity index (χ4n) is 1.81. The van der Waals surface area contributed by atoms with Crippen molar-refractivity contribution in [3.8, 4) is 0 Å². The van der Waals surface area contributed by atoms with Gasteiger partial charge in [-0.1, -0.05) is 34.1 Å². The Balaban J connectivity index is 2.15. The van der Waals surface area contributed by atoms with Crippen LogP contribution in [-0.4, -0.2) is 21.5 Å². The van der Waals surface area contributed by atoms with E-state index in [0.717, 1.165) is 22.0 Å². The highest BCUT2D eigenvalue weighted by Gasteiger charge is 2.08. The van der Waals surface area contributed by atoms with Gasteiger partial charge in [0.25, 0.3) is 0 Å². The SMILES string of the molecule is Nc1c(CCCO)cnn1Cc1ccccc1Br. The van der Waals surface area contributed by atoms with Gasteiger partial charge >= 0.3 is 0 Å². The molecule has 18 heavy (non-hydrogen) atoms. The van der Waals surface area contributed by atoms with E-state index in [1.165, 1.54) is 0 Å². The van der Waals surface area contributed by atoms with E-state index < -0.39 is 0 Å². The summed E-state index contributed by atoms with van der Waals surface area (Å²) in [5, 5.41) is 13.1. The molecule has 0 spiro atoms. The van der Waals surface area contributed by atoms with Crippen molar-refractivity contribution in [1.29, 1.82) is 0 Å². The van der Waals surface area contributed by atoms with Crippen LogP contribution in [0.4, 0.5) is 5.82 Å². The third-order valence-electron chi connectivity index (χ3n) is 2.84. The molecule has 1 aromatic carbocycles. The second-order valence-corrected chi connectivity index (χ2v) is 4.99. The van der Waals surface area contributed by atoms with Crippen LogP contribution in [0.5, 0.6) is 0 Å². The normalized spacial score (nSPS) is 10.8. The van der Waals surface area contributed by atoms with E-state index in [1.54, 1.807) is 10.9 Å². The van der Waals surface area contributed by atoms with E-state index in [-0.39, 0.29) is 6.61 Å². The standard InChI is InChI=1S/C13H16BrN3O/c14-12-6-2-1-4-11(12)9-17-13(15)10(8-16-17)5-3-7-18/h1-2,4,6,8,18H,3,5,7,9,15H2. The van der Waals surface area contributed by atoms with Gasteiger partial charge in [0, 0.05) is 16.6 Å². The number of nitrogen functional groups attached to an aromatic ring is 1. The molecule has 3 N–H and O–H groups in total. The highest BCUT2D eigenvalue weighted by Crippen LogP contribution is 2.20. The highest BCUT2D eigenvalue weighted by atomic mass is 79.9. The molecule has 2 rings (SSSR count). The first kappa shape index (κ1) is 13.1. The van der Waals surface area contributed by atoms with Gasteiger partial charge in [-0.05, 0) is 24.5 Å². The minimum atomic E-state index is 0.175. The Morgan fingerprint density at radius 1 is 1.28 bits per heavy atom. The summed E-state index contributed by atoms with van der Waals surface area (Å²) < 4.78 is 2.84. The molecule has 0 bridgehead atoms. The Labute approximate surface area is 115 Å². The van der Waals surface area contributed by atoms with Gasteiger partial charge < -0.3 is 10.8 Å². The monoisotopic (exact) mass is 309 g/mol. The Bertz CT molecular complexity index is 525. The smallest absolute Gasteiger partial charge is 0.125 e. The molecule has 0 unspecified atom stereocenters. The third kappa shape index (κ3) is 2.91. The molecule has 0 atom stereocenters. The molecule has 0 saturated heterocycles. The fraction of sp³-hybridized carbons (Fsp3) is 0.308. The van der Waals surface area contributed by atoms with E-state index in [9.17, 15) is 0 Å². The Kier molecular flexibility index (Phi) is 4.38. The van der Waals surface area contributed by atoms with Crippen LogP contribution in [0.15, 0.2) is 34.9 Å². The van der Waals surface area contributed by atoms with Crippen molar-refractivity contribution in [3.05, 3.63) is 46.1 Å². The van der Waals surface area contributed by atoms with E-state index in [4.69, 9.17) is 10.8 Å². The molecule has 0 fully saturated rings. The Morgan fingerprint density at radius 3 is 2.78 bits per heavy atom. The first-order chi connectivity index (χ1) is 8.72. The number of nitrogens with two attached hydrogens (primary N) is 1. The summed E-state index contributed by atoms with van der Waals surface area (Å²) in [7, 11) is 0. The van der Waals surface area contributed by atoms with Crippen molar-refractivity contribution in [2.24, 2.45) is 0 Å². The number of aromatic nitrogens is 2. The largest absolute Gasteiger partial charge is 0.396 e. The molecule has 2 aromatic rings. The number of anilines is 1. The Morgan fingerprint density at radius 2 is 2.06 bits per heavy atom. The number of rotatable bonds is 5. The van der Waals surface area contributed by atoms with Crippen molar-refractivity contribution in [3.63, 3.8) is 0 Å². The zero-order valence-electron chi connectivity index (χ0n) is 10.0. The topological polar surface area (TPSA) is 64.1 Å². The maximum absolute atomic E-state index is 8.82. The molecule has 0 radical (unpaired) electrons.